The van der Waals surface area contributed by atoms with Crippen LogP contribution in [0.4, 0.5) is 0 Å². The van der Waals surface area contributed by atoms with Crippen LogP contribution < -0.4 is 0 Å². The average Bonchev–Trinajstić information content (AvgIpc) is 1.87. The molecule has 2 atom stereocenters. The molecule has 0 aromatic carbocycles. The molecule has 0 amide bonds. The normalized spacial score (nSPS) is 17.3. The van der Waals surface area contributed by atoms with E-state index in [9.17, 15) is 5.11 Å². The van der Waals surface area contributed by atoms with Crippen molar-refractivity contribution in [1.29, 1.82) is 0 Å². The molecule has 0 aromatic rings. The van der Waals surface area contributed by atoms with Gasteiger partial charge in [-0.1, -0.05) is 13.3 Å². The summed E-state index contributed by atoms with van der Waals surface area (Å²) in [5, 5.41) is 10.4. The molecular weight excluding hydrogens is 159 g/mol. The van der Waals surface area contributed by atoms with E-state index in [4.69, 9.17) is 23.2 Å². The van der Waals surface area contributed by atoms with Crippen molar-refractivity contribution in [3.05, 3.63) is 0 Å². The number of hydrogen-bond donors (Lipinski definition) is 0. The topological polar surface area (TPSA) is 19.9 Å². The highest BCUT2D eigenvalue weighted by Gasteiger charge is 2.15. The van der Waals surface area contributed by atoms with Gasteiger partial charge in [0.05, 0.1) is 5.38 Å². The van der Waals surface area contributed by atoms with Gasteiger partial charge in [0.15, 0.2) is 0 Å². The first-order valence-electron chi connectivity index (χ1n) is 3.08. The third-order valence-electron chi connectivity index (χ3n) is 1.12. The van der Waals surface area contributed by atoms with Crippen molar-refractivity contribution in [2.24, 2.45) is 0 Å². The quantitative estimate of drug-likeness (QED) is 0.577. The van der Waals surface area contributed by atoms with Gasteiger partial charge in [-0.25, -0.2) is 5.11 Å². The largest absolute Gasteiger partial charge is 0.231 e. The Morgan fingerprint density at radius 2 is 2.11 bits per heavy atom. The molecule has 2 unspecified atom stereocenters. The van der Waals surface area contributed by atoms with Gasteiger partial charge in [-0.15, -0.1) is 23.2 Å². The molecule has 0 bridgehead atoms. The van der Waals surface area contributed by atoms with E-state index in [0.29, 0.717) is 6.42 Å². The molecule has 0 spiro atoms. The minimum atomic E-state index is -0.686. The molecule has 0 heterocycles. The van der Waals surface area contributed by atoms with Crippen LogP contribution in [0.5, 0.6) is 0 Å². The third kappa shape index (κ3) is 4.01. The van der Waals surface area contributed by atoms with Crippen LogP contribution in [0, 0.1) is 0 Å². The molecule has 0 saturated carbocycles. The van der Waals surface area contributed by atoms with Crippen LogP contribution in [-0.2, 0) is 5.11 Å². The molecule has 0 aliphatic carbocycles. The second-order valence-electron chi connectivity index (χ2n) is 2.00. The van der Waals surface area contributed by atoms with Crippen LogP contribution in [0.25, 0.3) is 0 Å². The lowest BCUT2D eigenvalue weighted by molar-refractivity contribution is 0.0811. The fourth-order valence-corrected chi connectivity index (χ4v) is 0.889. The molecule has 55 valence electrons. The number of rotatable bonds is 4. The van der Waals surface area contributed by atoms with Gasteiger partial charge < -0.3 is 0 Å². The smallest absolute Gasteiger partial charge is 0.110 e. The van der Waals surface area contributed by atoms with Gasteiger partial charge in [-0.3, -0.25) is 0 Å². The molecule has 1 nitrogen and oxygen atoms in total. The number of alkyl halides is 2. The SMILES string of the molecule is CCCC([O])C(Cl)CCl. The van der Waals surface area contributed by atoms with E-state index in [1.54, 1.807) is 0 Å². The lowest BCUT2D eigenvalue weighted by Crippen LogP contribution is -2.20. The zero-order valence-corrected chi connectivity index (χ0v) is 6.95. The Morgan fingerprint density at radius 1 is 1.56 bits per heavy atom. The Hall–Kier alpha value is 0.540. The summed E-state index contributed by atoms with van der Waals surface area (Å²) < 4.78 is 0. The van der Waals surface area contributed by atoms with Gasteiger partial charge in [-0.05, 0) is 6.42 Å². The zero-order chi connectivity index (χ0) is 7.28. The molecule has 0 aliphatic heterocycles. The highest BCUT2D eigenvalue weighted by Crippen LogP contribution is 2.10. The molecule has 9 heavy (non-hydrogen) atoms. The lowest BCUT2D eigenvalue weighted by Gasteiger charge is -2.09. The maximum Gasteiger partial charge on any atom is 0.110 e. The van der Waals surface area contributed by atoms with Crippen LogP contribution in [0.1, 0.15) is 19.8 Å². The highest BCUT2D eigenvalue weighted by molar-refractivity contribution is 6.28. The Kier molecular flexibility index (Phi) is 5.65. The molecule has 0 fully saturated rings. The minimum Gasteiger partial charge on any atom is -0.231 e. The van der Waals surface area contributed by atoms with E-state index in [1.807, 2.05) is 6.92 Å². The van der Waals surface area contributed by atoms with Crippen LogP contribution in [0.15, 0.2) is 0 Å². The van der Waals surface area contributed by atoms with Gasteiger partial charge >= 0.3 is 0 Å². The predicted molar refractivity (Wildman–Crippen MR) is 39.7 cm³/mol. The standard InChI is InChI=1S/C6H11Cl2O/c1-2-3-6(9)5(8)4-7/h5-6H,2-4H2,1H3. The maximum atomic E-state index is 10.8. The van der Waals surface area contributed by atoms with Crippen LogP contribution >= 0.6 is 23.2 Å². The minimum absolute atomic E-state index is 0.260. The third-order valence-corrected chi connectivity index (χ3v) is 2.05. The maximum absolute atomic E-state index is 10.8. The fourth-order valence-electron chi connectivity index (χ4n) is 0.565. The fraction of sp³-hybridized carbons (Fsp3) is 1.00. The first-order valence-corrected chi connectivity index (χ1v) is 4.05. The van der Waals surface area contributed by atoms with E-state index in [2.05, 4.69) is 0 Å². The number of hydrogen-bond acceptors (Lipinski definition) is 0. The first-order chi connectivity index (χ1) is 4.22. The second-order valence-corrected chi connectivity index (χ2v) is 2.87. The second kappa shape index (κ2) is 5.33. The monoisotopic (exact) mass is 169 g/mol. The van der Waals surface area contributed by atoms with Crippen molar-refractivity contribution in [2.45, 2.75) is 31.2 Å². The zero-order valence-electron chi connectivity index (χ0n) is 5.44. The average molecular weight is 170 g/mol. The molecule has 0 saturated heterocycles. The van der Waals surface area contributed by atoms with Gasteiger partial charge in [-0.2, -0.15) is 0 Å². The van der Waals surface area contributed by atoms with E-state index >= 15 is 0 Å². The predicted octanol–water partition coefficient (Wildman–Crippen LogP) is 2.43. The Morgan fingerprint density at radius 3 is 2.44 bits per heavy atom. The molecule has 0 aromatic heterocycles. The summed E-state index contributed by atoms with van der Waals surface area (Å²) in [6.45, 7) is 1.96. The summed E-state index contributed by atoms with van der Waals surface area (Å²) in [5.41, 5.74) is 0. The molecule has 3 heteroatoms. The summed E-state index contributed by atoms with van der Waals surface area (Å²) in [6.07, 6.45) is 0.823. The van der Waals surface area contributed by atoms with E-state index in [-0.39, 0.29) is 5.88 Å². The molecule has 1 radical (unpaired) electrons. The summed E-state index contributed by atoms with van der Waals surface area (Å²) in [5.74, 6) is 0.260. The van der Waals surface area contributed by atoms with Crippen molar-refractivity contribution in [3.8, 4) is 0 Å². The van der Waals surface area contributed by atoms with Gasteiger partial charge in [0.2, 0.25) is 0 Å². The molecule has 0 rings (SSSR count). The Bertz CT molecular complexity index is 68.1. The molecule has 0 aliphatic rings. The van der Waals surface area contributed by atoms with E-state index < -0.39 is 11.5 Å². The van der Waals surface area contributed by atoms with Crippen molar-refractivity contribution in [1.82, 2.24) is 0 Å². The van der Waals surface area contributed by atoms with Crippen LogP contribution in [0.3, 0.4) is 0 Å². The Balaban J connectivity index is 3.32. The Labute approximate surface area is 66.0 Å². The summed E-state index contributed by atoms with van der Waals surface area (Å²) in [7, 11) is 0. The first kappa shape index (κ1) is 9.54. The van der Waals surface area contributed by atoms with Crippen LogP contribution in [0.2, 0.25) is 0 Å². The van der Waals surface area contributed by atoms with Gasteiger partial charge in [0.1, 0.15) is 6.10 Å². The van der Waals surface area contributed by atoms with E-state index in [1.165, 1.54) is 0 Å². The van der Waals surface area contributed by atoms with Gasteiger partial charge in [0.25, 0.3) is 0 Å². The number of halogens is 2. The van der Waals surface area contributed by atoms with Crippen LogP contribution in [-0.4, -0.2) is 17.4 Å². The van der Waals surface area contributed by atoms with Crippen molar-refractivity contribution >= 4 is 23.2 Å². The molecular formula is C6H11Cl2O. The lowest BCUT2D eigenvalue weighted by atomic mass is 10.2. The summed E-state index contributed by atoms with van der Waals surface area (Å²) in [6, 6.07) is 0. The van der Waals surface area contributed by atoms with Gasteiger partial charge in [0, 0.05) is 5.88 Å². The molecule has 0 N–H and O–H groups in total. The summed E-state index contributed by atoms with van der Waals surface area (Å²) >= 11 is 10.9. The summed E-state index contributed by atoms with van der Waals surface area (Å²) in [4.78, 5) is 0. The van der Waals surface area contributed by atoms with Crippen molar-refractivity contribution in [3.63, 3.8) is 0 Å². The van der Waals surface area contributed by atoms with Crippen molar-refractivity contribution < 1.29 is 5.11 Å². The van der Waals surface area contributed by atoms with E-state index in [0.717, 1.165) is 6.42 Å². The highest BCUT2D eigenvalue weighted by atomic mass is 35.5. The van der Waals surface area contributed by atoms with Crippen molar-refractivity contribution in [2.75, 3.05) is 5.88 Å².